The largest absolute Gasteiger partial charge is 0.206 e. The summed E-state index contributed by atoms with van der Waals surface area (Å²) in [5.41, 5.74) is 1.45. The maximum Gasteiger partial charge on any atom is 0.139 e. The van der Waals surface area contributed by atoms with Crippen LogP contribution in [0.4, 0.5) is 4.39 Å². The number of rotatable bonds is 5. The van der Waals surface area contributed by atoms with Crippen molar-refractivity contribution in [1.29, 1.82) is 0 Å². The molecule has 0 aliphatic heterocycles. The maximum absolute atomic E-state index is 14.1. The highest BCUT2D eigenvalue weighted by atomic mass is 19.1. The summed E-state index contributed by atoms with van der Waals surface area (Å²) < 4.78 is 14.1. The molecule has 2 rings (SSSR count). The third-order valence-corrected chi connectivity index (χ3v) is 4.71. The van der Waals surface area contributed by atoms with Crippen molar-refractivity contribution in [2.24, 2.45) is 11.8 Å². The number of benzene rings is 1. The van der Waals surface area contributed by atoms with Gasteiger partial charge in [0.15, 0.2) is 0 Å². The van der Waals surface area contributed by atoms with E-state index >= 15 is 0 Å². The predicted molar refractivity (Wildman–Crippen MR) is 97.6 cm³/mol. The third-order valence-electron chi connectivity index (χ3n) is 4.71. The number of hydrogen-bond donors (Lipinski definition) is 0. The SMILES string of the molecule is CCC/C=C/c1ccc(C#CC2CCC(CCC)CC2)c(F)c1. The lowest BCUT2D eigenvalue weighted by Gasteiger charge is -2.25. The van der Waals surface area contributed by atoms with E-state index in [0.717, 1.165) is 24.3 Å². The highest BCUT2D eigenvalue weighted by Gasteiger charge is 2.18. The zero-order chi connectivity index (χ0) is 16.5. The van der Waals surface area contributed by atoms with Crippen molar-refractivity contribution in [3.8, 4) is 11.8 Å². The monoisotopic (exact) mass is 312 g/mol. The Kier molecular flexibility index (Phi) is 7.40. The molecule has 1 saturated carbocycles. The molecule has 0 spiro atoms. The van der Waals surface area contributed by atoms with E-state index in [2.05, 4.69) is 31.8 Å². The molecule has 0 atom stereocenters. The van der Waals surface area contributed by atoms with Crippen molar-refractivity contribution in [2.45, 2.75) is 65.2 Å². The Labute approximate surface area is 141 Å². The quantitative estimate of drug-likeness (QED) is 0.537. The molecule has 1 aromatic rings. The molecular formula is C22H29F. The van der Waals surface area contributed by atoms with Gasteiger partial charge in [0.25, 0.3) is 0 Å². The van der Waals surface area contributed by atoms with Crippen molar-refractivity contribution < 1.29 is 4.39 Å². The third kappa shape index (κ3) is 5.87. The molecule has 1 heteroatoms. The molecule has 0 heterocycles. The fraction of sp³-hybridized carbons (Fsp3) is 0.545. The van der Waals surface area contributed by atoms with E-state index in [1.54, 1.807) is 6.07 Å². The second-order valence-corrected chi connectivity index (χ2v) is 6.71. The lowest BCUT2D eigenvalue weighted by molar-refractivity contribution is 0.300. The van der Waals surface area contributed by atoms with Crippen LogP contribution in [0.1, 0.15) is 76.3 Å². The molecule has 1 aliphatic carbocycles. The van der Waals surface area contributed by atoms with Crippen LogP contribution >= 0.6 is 0 Å². The van der Waals surface area contributed by atoms with Crippen molar-refractivity contribution in [3.05, 3.63) is 41.2 Å². The van der Waals surface area contributed by atoms with Crippen molar-refractivity contribution in [2.75, 3.05) is 0 Å². The van der Waals surface area contributed by atoms with Crippen LogP contribution in [0.2, 0.25) is 0 Å². The van der Waals surface area contributed by atoms with Crippen molar-refractivity contribution in [1.82, 2.24) is 0 Å². The van der Waals surface area contributed by atoms with E-state index in [1.807, 2.05) is 18.2 Å². The first-order valence-electron chi connectivity index (χ1n) is 9.20. The Morgan fingerprint density at radius 3 is 2.57 bits per heavy atom. The highest BCUT2D eigenvalue weighted by Crippen LogP contribution is 2.31. The molecule has 0 radical (unpaired) electrons. The minimum Gasteiger partial charge on any atom is -0.206 e. The summed E-state index contributed by atoms with van der Waals surface area (Å²) in [7, 11) is 0. The normalized spacial score (nSPS) is 21.2. The molecular weight excluding hydrogens is 283 g/mol. The number of allylic oxidation sites excluding steroid dienone is 1. The van der Waals surface area contributed by atoms with Gasteiger partial charge >= 0.3 is 0 Å². The van der Waals surface area contributed by atoms with Crippen LogP contribution in [0.15, 0.2) is 24.3 Å². The molecule has 1 fully saturated rings. The van der Waals surface area contributed by atoms with Crippen molar-refractivity contribution in [3.63, 3.8) is 0 Å². The van der Waals surface area contributed by atoms with Crippen LogP contribution in [0.5, 0.6) is 0 Å². The van der Waals surface area contributed by atoms with Gasteiger partial charge in [-0.2, -0.15) is 0 Å². The lowest BCUT2D eigenvalue weighted by atomic mass is 9.80. The fourth-order valence-electron chi connectivity index (χ4n) is 3.31. The summed E-state index contributed by atoms with van der Waals surface area (Å²) in [6.07, 6.45) is 13.8. The maximum atomic E-state index is 14.1. The van der Waals surface area contributed by atoms with Gasteiger partial charge < -0.3 is 0 Å². The lowest BCUT2D eigenvalue weighted by Crippen LogP contribution is -2.13. The van der Waals surface area contributed by atoms with Crippen LogP contribution in [-0.2, 0) is 0 Å². The van der Waals surface area contributed by atoms with Gasteiger partial charge in [-0.3, -0.25) is 0 Å². The standard InChI is InChI=1S/C22H29F/c1-3-5-6-8-20-14-16-21(22(23)17-20)15-13-19-11-9-18(7-4-2)10-12-19/h6,8,14,16-19H,3-5,7,9-12H2,1-2H3/b8-6+. The topological polar surface area (TPSA) is 0 Å². The average molecular weight is 312 g/mol. The highest BCUT2D eigenvalue weighted by molar-refractivity contribution is 5.52. The molecule has 0 unspecified atom stereocenters. The second kappa shape index (κ2) is 9.56. The minimum atomic E-state index is -0.198. The van der Waals surface area contributed by atoms with Crippen molar-refractivity contribution >= 4 is 6.08 Å². The summed E-state index contributed by atoms with van der Waals surface area (Å²) >= 11 is 0. The molecule has 0 nitrogen and oxygen atoms in total. The zero-order valence-corrected chi connectivity index (χ0v) is 14.6. The Morgan fingerprint density at radius 1 is 1.13 bits per heavy atom. The number of halogens is 1. The van der Waals surface area contributed by atoms with E-state index in [0.29, 0.717) is 11.5 Å². The first kappa shape index (κ1) is 17.8. The summed E-state index contributed by atoms with van der Waals surface area (Å²) in [5, 5.41) is 0. The Balaban J connectivity index is 1.94. The molecule has 0 aromatic heterocycles. The van der Waals surface area contributed by atoms with Gasteiger partial charge in [0.2, 0.25) is 0 Å². The van der Waals surface area contributed by atoms with Crippen LogP contribution in [-0.4, -0.2) is 0 Å². The summed E-state index contributed by atoms with van der Waals surface area (Å²) in [5.74, 6) is 7.52. The molecule has 0 bridgehead atoms. The van der Waals surface area contributed by atoms with Gasteiger partial charge in [-0.05, 0) is 55.7 Å². The Bertz CT molecular complexity index is 565. The molecule has 0 saturated heterocycles. The second-order valence-electron chi connectivity index (χ2n) is 6.71. The van der Waals surface area contributed by atoms with E-state index in [1.165, 1.54) is 38.5 Å². The minimum absolute atomic E-state index is 0.198. The summed E-state index contributed by atoms with van der Waals surface area (Å²) in [6.45, 7) is 4.40. The van der Waals surface area contributed by atoms with E-state index in [9.17, 15) is 4.39 Å². The smallest absolute Gasteiger partial charge is 0.139 e. The predicted octanol–water partition coefficient (Wildman–Crippen LogP) is 6.60. The number of hydrogen-bond acceptors (Lipinski definition) is 0. The molecule has 124 valence electrons. The van der Waals surface area contributed by atoms with Gasteiger partial charge in [0, 0.05) is 5.92 Å². The Morgan fingerprint density at radius 2 is 1.91 bits per heavy atom. The van der Waals surface area contributed by atoms with E-state index in [-0.39, 0.29) is 5.82 Å². The molecule has 1 aliphatic rings. The first-order chi connectivity index (χ1) is 11.2. The average Bonchev–Trinajstić information content (AvgIpc) is 2.56. The summed E-state index contributed by atoms with van der Waals surface area (Å²) in [4.78, 5) is 0. The zero-order valence-electron chi connectivity index (χ0n) is 14.6. The fourth-order valence-corrected chi connectivity index (χ4v) is 3.31. The Hall–Kier alpha value is -1.55. The van der Waals surface area contributed by atoms with Crippen LogP contribution in [0.3, 0.4) is 0 Å². The summed E-state index contributed by atoms with van der Waals surface area (Å²) in [6, 6.07) is 5.36. The molecule has 23 heavy (non-hydrogen) atoms. The van der Waals surface area contributed by atoms with Crippen LogP contribution < -0.4 is 0 Å². The molecule has 0 N–H and O–H groups in total. The number of unbranched alkanes of at least 4 members (excludes halogenated alkanes) is 1. The molecule has 1 aromatic carbocycles. The molecule has 0 amide bonds. The van der Waals surface area contributed by atoms with Gasteiger partial charge in [-0.15, -0.1) is 0 Å². The van der Waals surface area contributed by atoms with E-state index in [4.69, 9.17) is 0 Å². The van der Waals surface area contributed by atoms with Crippen LogP contribution in [0, 0.1) is 29.5 Å². The van der Waals surface area contributed by atoms with Gasteiger partial charge in [0.05, 0.1) is 5.56 Å². The van der Waals surface area contributed by atoms with Gasteiger partial charge in [0.1, 0.15) is 5.82 Å². The first-order valence-corrected chi connectivity index (χ1v) is 9.20. The van der Waals surface area contributed by atoms with Gasteiger partial charge in [-0.1, -0.05) is 63.2 Å². The van der Waals surface area contributed by atoms with Gasteiger partial charge in [-0.25, -0.2) is 4.39 Å². The van der Waals surface area contributed by atoms with Crippen LogP contribution in [0.25, 0.3) is 6.08 Å². The van der Waals surface area contributed by atoms with E-state index < -0.39 is 0 Å².